The molecule has 0 N–H and O–H groups in total. The Morgan fingerprint density at radius 2 is 1.89 bits per heavy atom. The van der Waals surface area contributed by atoms with Gasteiger partial charge in [-0.25, -0.2) is 4.79 Å². The molecule has 2 aliphatic rings. The molecule has 4 rings (SSSR count). The molecular weight excluding hydrogens is 378 g/mol. The summed E-state index contributed by atoms with van der Waals surface area (Å²) in [5, 5.41) is 2.59. The van der Waals surface area contributed by atoms with Crippen molar-refractivity contribution >= 4 is 40.7 Å². The van der Waals surface area contributed by atoms with Crippen molar-refractivity contribution in [1.29, 1.82) is 0 Å². The average Bonchev–Trinajstić information content (AvgIpc) is 3.27. The first-order valence-corrected chi connectivity index (χ1v) is 11.2. The molecule has 2 fully saturated rings. The van der Waals surface area contributed by atoms with Crippen molar-refractivity contribution in [2.45, 2.75) is 11.7 Å². The summed E-state index contributed by atoms with van der Waals surface area (Å²) in [6, 6.07) is 13.8. The number of carbonyl (C=O) groups is 2. The molecule has 1 aromatic carbocycles. The van der Waals surface area contributed by atoms with Crippen LogP contribution in [0.25, 0.3) is 0 Å². The summed E-state index contributed by atoms with van der Waals surface area (Å²) in [6.45, 7) is 2.93. The number of anilines is 1. The molecule has 2 aromatic rings. The van der Waals surface area contributed by atoms with Gasteiger partial charge in [-0.3, -0.25) is 9.69 Å². The Hall–Kier alpha value is -1.99. The second kappa shape index (κ2) is 8.35. The van der Waals surface area contributed by atoms with Gasteiger partial charge in [-0.2, -0.15) is 11.8 Å². The number of urea groups is 1. The fraction of sp³-hybridized carbons (Fsp3) is 0.400. The number of thioether (sulfide) groups is 1. The molecule has 1 atom stereocenters. The van der Waals surface area contributed by atoms with Crippen LogP contribution in [0.4, 0.5) is 10.5 Å². The van der Waals surface area contributed by atoms with Gasteiger partial charge in [0.15, 0.2) is 0 Å². The molecule has 3 heterocycles. The molecule has 0 radical (unpaired) electrons. The minimum Gasteiger partial charge on any atom is -0.340 e. The van der Waals surface area contributed by atoms with Gasteiger partial charge >= 0.3 is 6.03 Å². The third kappa shape index (κ3) is 4.14. The number of hydrogen-bond acceptors (Lipinski definition) is 4. The van der Waals surface area contributed by atoms with Crippen LogP contribution in [0.2, 0.25) is 0 Å². The fourth-order valence-electron chi connectivity index (χ4n) is 3.56. The average molecular weight is 402 g/mol. The summed E-state index contributed by atoms with van der Waals surface area (Å²) in [6.07, 6.45) is 0.973. The molecule has 7 heteroatoms. The largest absolute Gasteiger partial charge is 0.340 e. The second-order valence-corrected chi connectivity index (χ2v) is 9.03. The van der Waals surface area contributed by atoms with Crippen molar-refractivity contribution in [2.75, 3.05) is 43.4 Å². The maximum absolute atomic E-state index is 12.8. The van der Waals surface area contributed by atoms with Crippen molar-refractivity contribution in [3.63, 3.8) is 0 Å². The minimum absolute atomic E-state index is 0.0608. The molecule has 0 bridgehead atoms. The Kier molecular flexibility index (Phi) is 5.69. The molecule has 27 heavy (non-hydrogen) atoms. The van der Waals surface area contributed by atoms with Gasteiger partial charge in [0.2, 0.25) is 5.91 Å². The van der Waals surface area contributed by atoms with E-state index in [9.17, 15) is 9.59 Å². The molecule has 0 saturated carbocycles. The number of amides is 3. The van der Waals surface area contributed by atoms with Crippen molar-refractivity contribution < 1.29 is 9.59 Å². The molecule has 5 nitrogen and oxygen atoms in total. The molecule has 0 aliphatic carbocycles. The van der Waals surface area contributed by atoms with Crippen molar-refractivity contribution in [2.24, 2.45) is 0 Å². The van der Waals surface area contributed by atoms with Crippen molar-refractivity contribution in [3.05, 3.63) is 52.7 Å². The van der Waals surface area contributed by atoms with Crippen LogP contribution in [-0.2, 0) is 4.79 Å². The molecular formula is C20H23N3O2S2. The van der Waals surface area contributed by atoms with Crippen LogP contribution in [-0.4, -0.2) is 60.2 Å². The first-order valence-electron chi connectivity index (χ1n) is 9.26. The van der Waals surface area contributed by atoms with E-state index in [1.807, 2.05) is 47.0 Å². The molecule has 3 amide bonds. The Bertz CT molecular complexity index is 782. The first kappa shape index (κ1) is 18.4. The van der Waals surface area contributed by atoms with E-state index in [2.05, 4.69) is 17.5 Å². The lowest BCUT2D eigenvalue weighted by Crippen LogP contribution is -2.43. The predicted molar refractivity (Wildman–Crippen MR) is 111 cm³/mol. The summed E-state index contributed by atoms with van der Waals surface area (Å²) in [5.41, 5.74) is 0.891. The lowest BCUT2D eigenvalue weighted by Gasteiger charge is -2.24. The van der Waals surface area contributed by atoms with E-state index in [0.29, 0.717) is 18.3 Å². The molecule has 1 aromatic heterocycles. The van der Waals surface area contributed by atoms with Crippen LogP contribution < -0.4 is 4.90 Å². The third-order valence-corrected chi connectivity index (χ3v) is 7.49. The van der Waals surface area contributed by atoms with E-state index < -0.39 is 0 Å². The van der Waals surface area contributed by atoms with Crippen LogP contribution in [0.15, 0.2) is 47.8 Å². The summed E-state index contributed by atoms with van der Waals surface area (Å²) in [4.78, 5) is 32.2. The predicted octanol–water partition coefficient (Wildman–Crippen LogP) is 3.70. The number of hydrogen-bond donors (Lipinski definition) is 0. The lowest BCUT2D eigenvalue weighted by atomic mass is 10.2. The van der Waals surface area contributed by atoms with Gasteiger partial charge in [-0.1, -0.05) is 24.3 Å². The number of rotatable bonds is 4. The number of benzene rings is 1. The van der Waals surface area contributed by atoms with Crippen LogP contribution in [0, 0.1) is 0 Å². The Morgan fingerprint density at radius 1 is 1.04 bits per heavy atom. The van der Waals surface area contributed by atoms with E-state index in [4.69, 9.17) is 0 Å². The van der Waals surface area contributed by atoms with Crippen molar-refractivity contribution in [3.8, 4) is 0 Å². The second-order valence-electron chi connectivity index (χ2n) is 6.74. The van der Waals surface area contributed by atoms with Gasteiger partial charge in [0, 0.05) is 47.7 Å². The number of carbonyl (C=O) groups excluding carboxylic acids is 2. The lowest BCUT2D eigenvalue weighted by molar-refractivity contribution is -0.131. The molecule has 2 saturated heterocycles. The Balaban J connectivity index is 1.33. The maximum Gasteiger partial charge on any atom is 0.325 e. The van der Waals surface area contributed by atoms with Crippen LogP contribution >= 0.6 is 23.1 Å². The number of para-hydroxylation sites is 1. The monoisotopic (exact) mass is 401 g/mol. The quantitative estimate of drug-likeness (QED) is 0.785. The van der Waals surface area contributed by atoms with Crippen molar-refractivity contribution in [1.82, 2.24) is 9.80 Å². The summed E-state index contributed by atoms with van der Waals surface area (Å²) >= 11 is 3.72. The van der Waals surface area contributed by atoms with E-state index in [1.54, 1.807) is 21.1 Å². The third-order valence-electron chi connectivity index (χ3n) is 5.04. The van der Waals surface area contributed by atoms with E-state index in [-0.39, 0.29) is 18.5 Å². The molecule has 0 spiro atoms. The SMILES string of the molecule is O=C(CN1CCN(c2ccccc2)C1=O)N1CCS[C@H](c2cccs2)CC1. The highest BCUT2D eigenvalue weighted by Crippen LogP contribution is 2.36. The molecule has 2 aliphatic heterocycles. The van der Waals surface area contributed by atoms with Gasteiger partial charge in [0.05, 0.1) is 0 Å². The smallest absolute Gasteiger partial charge is 0.325 e. The van der Waals surface area contributed by atoms with Gasteiger partial charge in [0.1, 0.15) is 6.54 Å². The zero-order valence-corrected chi connectivity index (χ0v) is 16.8. The zero-order chi connectivity index (χ0) is 18.6. The number of nitrogens with zero attached hydrogens (tertiary/aromatic N) is 3. The zero-order valence-electron chi connectivity index (χ0n) is 15.1. The summed E-state index contributed by atoms with van der Waals surface area (Å²) in [5.74, 6) is 1.00. The first-order chi connectivity index (χ1) is 13.2. The summed E-state index contributed by atoms with van der Waals surface area (Å²) in [7, 11) is 0. The van der Waals surface area contributed by atoms with E-state index in [1.165, 1.54) is 4.88 Å². The minimum atomic E-state index is -0.0739. The van der Waals surface area contributed by atoms with Crippen LogP contribution in [0.5, 0.6) is 0 Å². The Morgan fingerprint density at radius 3 is 2.67 bits per heavy atom. The molecule has 142 valence electrons. The van der Waals surface area contributed by atoms with Gasteiger partial charge in [-0.05, 0) is 30.0 Å². The van der Waals surface area contributed by atoms with Gasteiger partial charge < -0.3 is 9.80 Å². The van der Waals surface area contributed by atoms with Crippen LogP contribution in [0.3, 0.4) is 0 Å². The topological polar surface area (TPSA) is 43.9 Å². The Labute approximate surface area is 167 Å². The standard InChI is InChI=1S/C20H23N3O2S2/c24-19(21-9-8-18(27-14-12-21)17-7-4-13-26-17)15-22-10-11-23(20(22)25)16-5-2-1-3-6-16/h1-7,13,18H,8-12,14-15H2/t18-/m0/s1. The molecule has 0 unspecified atom stereocenters. The number of thiophene rings is 1. The van der Waals surface area contributed by atoms with E-state index in [0.717, 1.165) is 31.0 Å². The van der Waals surface area contributed by atoms with Gasteiger partial charge in [-0.15, -0.1) is 11.3 Å². The van der Waals surface area contributed by atoms with E-state index >= 15 is 0 Å². The normalized spacial score (nSPS) is 20.8. The fourth-order valence-corrected chi connectivity index (χ4v) is 5.80. The summed E-state index contributed by atoms with van der Waals surface area (Å²) < 4.78 is 0. The van der Waals surface area contributed by atoms with Gasteiger partial charge in [0.25, 0.3) is 0 Å². The highest BCUT2D eigenvalue weighted by Gasteiger charge is 2.32. The highest BCUT2D eigenvalue weighted by molar-refractivity contribution is 7.99. The maximum atomic E-state index is 12.8. The van der Waals surface area contributed by atoms with Crippen LogP contribution in [0.1, 0.15) is 16.5 Å². The highest BCUT2D eigenvalue weighted by atomic mass is 32.2.